The van der Waals surface area contributed by atoms with Gasteiger partial charge in [-0.25, -0.2) is 0 Å². The molecule has 0 saturated heterocycles. The standard InChI is InChI=1S/C10H10N2O4/c1-6(13)5-9(14)10-7(11)3-2-4-8(10)12(15)16/h2-4H,5,11H2,1H3. The predicted molar refractivity (Wildman–Crippen MR) is 57.1 cm³/mol. The van der Waals surface area contributed by atoms with Crippen molar-refractivity contribution in [2.45, 2.75) is 13.3 Å². The number of carbonyl (C=O) groups is 2. The topological polar surface area (TPSA) is 103 Å². The number of carbonyl (C=O) groups excluding carboxylic acids is 2. The van der Waals surface area contributed by atoms with Crippen LogP contribution >= 0.6 is 0 Å². The Bertz CT molecular complexity index is 468. The lowest BCUT2D eigenvalue weighted by Crippen LogP contribution is -2.10. The summed E-state index contributed by atoms with van der Waals surface area (Å²) in [6.07, 6.45) is -0.380. The minimum absolute atomic E-state index is 0.0143. The van der Waals surface area contributed by atoms with Crippen molar-refractivity contribution in [1.82, 2.24) is 0 Å². The second-order valence-electron chi connectivity index (χ2n) is 3.30. The normalized spacial score (nSPS) is 9.81. The van der Waals surface area contributed by atoms with Crippen LogP contribution in [0.5, 0.6) is 0 Å². The van der Waals surface area contributed by atoms with E-state index in [0.717, 1.165) is 0 Å². The van der Waals surface area contributed by atoms with Gasteiger partial charge >= 0.3 is 0 Å². The number of nitrogens with two attached hydrogens (primary N) is 1. The molecule has 0 heterocycles. The van der Waals surface area contributed by atoms with Gasteiger partial charge in [-0.1, -0.05) is 6.07 Å². The van der Waals surface area contributed by atoms with Crippen molar-refractivity contribution in [1.29, 1.82) is 0 Å². The fourth-order valence-electron chi connectivity index (χ4n) is 1.33. The first kappa shape index (κ1) is 11.8. The SMILES string of the molecule is CC(=O)CC(=O)c1c(N)cccc1[N+](=O)[O-]. The van der Waals surface area contributed by atoms with E-state index < -0.39 is 10.7 Å². The van der Waals surface area contributed by atoms with Gasteiger partial charge < -0.3 is 5.73 Å². The molecule has 0 amide bonds. The molecule has 0 saturated carbocycles. The van der Waals surface area contributed by atoms with Gasteiger partial charge in [0.25, 0.3) is 5.69 Å². The molecule has 0 fully saturated rings. The van der Waals surface area contributed by atoms with Crippen LogP contribution in [0, 0.1) is 10.1 Å². The van der Waals surface area contributed by atoms with E-state index in [4.69, 9.17) is 5.73 Å². The number of hydrogen-bond donors (Lipinski definition) is 1. The number of nitrogen functional groups attached to an aromatic ring is 1. The molecule has 0 aliphatic heterocycles. The highest BCUT2D eigenvalue weighted by Gasteiger charge is 2.23. The number of hydrogen-bond acceptors (Lipinski definition) is 5. The highest BCUT2D eigenvalue weighted by molar-refractivity contribution is 6.12. The summed E-state index contributed by atoms with van der Waals surface area (Å²) >= 11 is 0. The van der Waals surface area contributed by atoms with Crippen LogP contribution in [0.15, 0.2) is 18.2 Å². The van der Waals surface area contributed by atoms with E-state index in [0.29, 0.717) is 0 Å². The van der Waals surface area contributed by atoms with Crippen molar-refractivity contribution in [3.05, 3.63) is 33.9 Å². The number of benzene rings is 1. The third kappa shape index (κ3) is 2.41. The molecule has 84 valence electrons. The number of anilines is 1. The van der Waals surface area contributed by atoms with Gasteiger partial charge in [0.15, 0.2) is 5.78 Å². The van der Waals surface area contributed by atoms with E-state index in [9.17, 15) is 19.7 Å². The average Bonchev–Trinajstić information content (AvgIpc) is 2.15. The van der Waals surface area contributed by atoms with Crippen molar-refractivity contribution >= 4 is 22.9 Å². The minimum Gasteiger partial charge on any atom is -0.398 e. The van der Waals surface area contributed by atoms with E-state index in [-0.39, 0.29) is 29.1 Å². The minimum atomic E-state index is -0.691. The maximum absolute atomic E-state index is 11.6. The molecular weight excluding hydrogens is 212 g/mol. The Hall–Kier alpha value is -2.24. The third-order valence-corrected chi connectivity index (χ3v) is 1.96. The molecule has 0 aliphatic carbocycles. The summed E-state index contributed by atoms with van der Waals surface area (Å²) < 4.78 is 0. The Kier molecular flexibility index (Phi) is 3.34. The summed E-state index contributed by atoms with van der Waals surface area (Å²) in [5.74, 6) is -0.986. The summed E-state index contributed by atoms with van der Waals surface area (Å²) in [5, 5.41) is 10.7. The van der Waals surface area contributed by atoms with Crippen molar-refractivity contribution < 1.29 is 14.5 Å². The van der Waals surface area contributed by atoms with Gasteiger partial charge in [-0.15, -0.1) is 0 Å². The zero-order valence-electron chi connectivity index (χ0n) is 8.60. The molecule has 0 radical (unpaired) electrons. The lowest BCUT2D eigenvalue weighted by Gasteiger charge is -2.03. The number of nitro benzene ring substituents is 1. The Balaban J connectivity index is 3.25. The predicted octanol–water partition coefficient (Wildman–Crippen LogP) is 1.34. The van der Waals surface area contributed by atoms with Crippen LogP contribution in [-0.2, 0) is 4.79 Å². The van der Waals surface area contributed by atoms with Crippen LogP contribution in [0.1, 0.15) is 23.7 Å². The van der Waals surface area contributed by atoms with Crippen LogP contribution < -0.4 is 5.73 Å². The van der Waals surface area contributed by atoms with Crippen LogP contribution in [0.4, 0.5) is 11.4 Å². The number of Topliss-reactive ketones (excluding diaryl/α,β-unsaturated/α-hetero) is 2. The molecule has 0 spiro atoms. The number of nitro groups is 1. The fraction of sp³-hybridized carbons (Fsp3) is 0.200. The molecule has 2 N–H and O–H groups in total. The second-order valence-corrected chi connectivity index (χ2v) is 3.30. The van der Waals surface area contributed by atoms with Gasteiger partial charge in [-0.2, -0.15) is 0 Å². The molecule has 0 atom stereocenters. The maximum atomic E-state index is 11.6. The summed E-state index contributed by atoms with van der Waals surface area (Å²) in [5.41, 5.74) is 4.95. The van der Waals surface area contributed by atoms with E-state index in [1.165, 1.54) is 25.1 Å². The quantitative estimate of drug-likeness (QED) is 0.272. The molecule has 6 heteroatoms. The molecule has 6 nitrogen and oxygen atoms in total. The van der Waals surface area contributed by atoms with Crippen LogP contribution in [0.2, 0.25) is 0 Å². The van der Waals surface area contributed by atoms with Gasteiger partial charge in [0, 0.05) is 11.8 Å². The van der Waals surface area contributed by atoms with E-state index >= 15 is 0 Å². The van der Waals surface area contributed by atoms with Crippen molar-refractivity contribution in [2.24, 2.45) is 0 Å². The number of nitrogens with zero attached hydrogens (tertiary/aromatic N) is 1. The van der Waals surface area contributed by atoms with E-state index in [1.54, 1.807) is 0 Å². The molecule has 1 aromatic carbocycles. The summed E-state index contributed by atoms with van der Waals surface area (Å²) in [7, 11) is 0. The highest BCUT2D eigenvalue weighted by atomic mass is 16.6. The van der Waals surface area contributed by atoms with Crippen LogP contribution in [0.3, 0.4) is 0 Å². The van der Waals surface area contributed by atoms with Crippen LogP contribution in [-0.4, -0.2) is 16.5 Å². The van der Waals surface area contributed by atoms with Gasteiger partial charge in [0.2, 0.25) is 0 Å². The molecule has 0 aromatic heterocycles. The third-order valence-electron chi connectivity index (χ3n) is 1.96. The highest BCUT2D eigenvalue weighted by Crippen LogP contribution is 2.25. The average molecular weight is 222 g/mol. The molecule has 0 unspecified atom stereocenters. The van der Waals surface area contributed by atoms with Gasteiger partial charge in [-0.3, -0.25) is 19.7 Å². The largest absolute Gasteiger partial charge is 0.398 e. The van der Waals surface area contributed by atoms with Gasteiger partial charge in [0.1, 0.15) is 11.3 Å². The van der Waals surface area contributed by atoms with Gasteiger partial charge in [-0.05, 0) is 13.0 Å². The Morgan fingerprint density at radius 3 is 2.56 bits per heavy atom. The van der Waals surface area contributed by atoms with Crippen molar-refractivity contribution in [3.8, 4) is 0 Å². The zero-order chi connectivity index (χ0) is 12.3. The van der Waals surface area contributed by atoms with E-state index in [1.807, 2.05) is 0 Å². The Labute approximate surface area is 91.2 Å². The maximum Gasteiger partial charge on any atom is 0.282 e. The van der Waals surface area contributed by atoms with Gasteiger partial charge in [0.05, 0.1) is 11.3 Å². The monoisotopic (exact) mass is 222 g/mol. The van der Waals surface area contributed by atoms with E-state index in [2.05, 4.69) is 0 Å². The van der Waals surface area contributed by atoms with Crippen LogP contribution in [0.25, 0.3) is 0 Å². The molecular formula is C10H10N2O4. The lowest BCUT2D eigenvalue weighted by atomic mass is 10.0. The Morgan fingerprint density at radius 1 is 1.44 bits per heavy atom. The Morgan fingerprint density at radius 2 is 2.06 bits per heavy atom. The molecule has 0 aliphatic rings. The zero-order valence-corrected chi connectivity index (χ0v) is 8.60. The van der Waals surface area contributed by atoms with Crippen molar-refractivity contribution in [3.63, 3.8) is 0 Å². The summed E-state index contributed by atoms with van der Waals surface area (Å²) in [4.78, 5) is 32.4. The lowest BCUT2D eigenvalue weighted by molar-refractivity contribution is -0.385. The van der Waals surface area contributed by atoms with Crippen molar-refractivity contribution in [2.75, 3.05) is 5.73 Å². The first-order chi connectivity index (χ1) is 7.43. The first-order valence-corrected chi connectivity index (χ1v) is 4.49. The smallest absolute Gasteiger partial charge is 0.282 e. The summed E-state index contributed by atoms with van der Waals surface area (Å²) in [6.45, 7) is 1.24. The first-order valence-electron chi connectivity index (χ1n) is 4.49. The summed E-state index contributed by atoms with van der Waals surface area (Å²) in [6, 6.07) is 3.96. The molecule has 1 rings (SSSR count). The molecule has 16 heavy (non-hydrogen) atoms. The number of rotatable bonds is 4. The molecule has 0 bridgehead atoms. The fourth-order valence-corrected chi connectivity index (χ4v) is 1.33. The number of ketones is 2. The second kappa shape index (κ2) is 4.52. The molecule has 1 aromatic rings.